The Morgan fingerprint density at radius 2 is 2.12 bits per heavy atom. The van der Waals surface area contributed by atoms with Crippen molar-refractivity contribution >= 4 is 5.69 Å². The van der Waals surface area contributed by atoms with E-state index >= 15 is 0 Å². The van der Waals surface area contributed by atoms with Crippen LogP contribution >= 0.6 is 0 Å². The van der Waals surface area contributed by atoms with Gasteiger partial charge < -0.3 is 0 Å². The van der Waals surface area contributed by atoms with Crippen molar-refractivity contribution in [3.63, 3.8) is 0 Å². The summed E-state index contributed by atoms with van der Waals surface area (Å²) in [7, 11) is 0. The lowest BCUT2D eigenvalue weighted by Gasteiger charge is -2.02. The standard InChI is InChI=1S/C10H10N4O2/c1-7-5-13(6-11-7)10-4-3-9(14(15)16)8(2)12-10/h3-6H,1-2H3. The third kappa shape index (κ3) is 1.77. The molecule has 0 aliphatic heterocycles. The van der Waals surface area contributed by atoms with Crippen molar-refractivity contribution in [2.45, 2.75) is 13.8 Å². The van der Waals surface area contributed by atoms with Crippen LogP contribution in [-0.4, -0.2) is 19.5 Å². The van der Waals surface area contributed by atoms with Crippen LogP contribution in [0.4, 0.5) is 5.69 Å². The number of hydrogen-bond acceptors (Lipinski definition) is 4. The summed E-state index contributed by atoms with van der Waals surface area (Å²) in [6.45, 7) is 3.49. The second-order valence-electron chi connectivity index (χ2n) is 3.45. The summed E-state index contributed by atoms with van der Waals surface area (Å²) in [4.78, 5) is 18.4. The van der Waals surface area contributed by atoms with Crippen LogP contribution in [-0.2, 0) is 0 Å². The Bertz CT molecular complexity index is 548. The maximum absolute atomic E-state index is 10.6. The summed E-state index contributed by atoms with van der Waals surface area (Å²) >= 11 is 0. The monoisotopic (exact) mass is 218 g/mol. The molecule has 0 fully saturated rings. The molecule has 6 heteroatoms. The molecular weight excluding hydrogens is 208 g/mol. The lowest BCUT2D eigenvalue weighted by molar-refractivity contribution is -0.385. The zero-order chi connectivity index (χ0) is 11.7. The van der Waals surface area contributed by atoms with Gasteiger partial charge in [0.05, 0.1) is 10.6 Å². The van der Waals surface area contributed by atoms with E-state index in [1.165, 1.54) is 6.07 Å². The molecular formula is C10H10N4O2. The van der Waals surface area contributed by atoms with Gasteiger partial charge in [-0.05, 0) is 19.9 Å². The zero-order valence-electron chi connectivity index (χ0n) is 8.91. The molecule has 0 bridgehead atoms. The van der Waals surface area contributed by atoms with E-state index in [2.05, 4.69) is 9.97 Å². The van der Waals surface area contributed by atoms with E-state index in [9.17, 15) is 10.1 Å². The number of nitro groups is 1. The summed E-state index contributed by atoms with van der Waals surface area (Å²) < 4.78 is 1.73. The summed E-state index contributed by atoms with van der Waals surface area (Å²) in [5.41, 5.74) is 1.30. The first-order valence-corrected chi connectivity index (χ1v) is 4.71. The van der Waals surface area contributed by atoms with Crippen LogP contribution in [0.2, 0.25) is 0 Å². The predicted octanol–water partition coefficient (Wildman–Crippen LogP) is 1.79. The van der Waals surface area contributed by atoms with E-state index in [-0.39, 0.29) is 5.69 Å². The Hall–Kier alpha value is -2.24. The Kier molecular flexibility index (Phi) is 2.40. The molecule has 0 amide bonds. The lowest BCUT2D eigenvalue weighted by Crippen LogP contribution is -1.99. The SMILES string of the molecule is Cc1cn(-c2ccc([N+](=O)[O-])c(C)n2)cn1. The van der Waals surface area contributed by atoms with Crippen molar-refractivity contribution in [2.75, 3.05) is 0 Å². The van der Waals surface area contributed by atoms with E-state index in [4.69, 9.17) is 0 Å². The molecule has 2 heterocycles. The molecule has 6 nitrogen and oxygen atoms in total. The van der Waals surface area contributed by atoms with Gasteiger partial charge in [0.1, 0.15) is 17.8 Å². The first-order chi connectivity index (χ1) is 7.58. The van der Waals surface area contributed by atoms with E-state index in [1.807, 2.05) is 13.1 Å². The average molecular weight is 218 g/mol. The molecule has 0 aliphatic carbocycles. The molecule has 0 saturated carbocycles. The molecule has 0 atom stereocenters. The number of aryl methyl sites for hydroxylation is 2. The quantitative estimate of drug-likeness (QED) is 0.569. The first-order valence-electron chi connectivity index (χ1n) is 4.71. The van der Waals surface area contributed by atoms with Gasteiger partial charge in [-0.2, -0.15) is 0 Å². The Morgan fingerprint density at radius 1 is 1.38 bits per heavy atom. The van der Waals surface area contributed by atoms with Gasteiger partial charge in [-0.1, -0.05) is 0 Å². The zero-order valence-corrected chi connectivity index (χ0v) is 8.91. The van der Waals surface area contributed by atoms with Crippen LogP contribution in [0.1, 0.15) is 11.4 Å². The molecule has 0 unspecified atom stereocenters. The van der Waals surface area contributed by atoms with Gasteiger partial charge in [0, 0.05) is 12.3 Å². The maximum atomic E-state index is 10.6. The maximum Gasteiger partial charge on any atom is 0.290 e. The van der Waals surface area contributed by atoms with Crippen LogP contribution < -0.4 is 0 Å². The summed E-state index contributed by atoms with van der Waals surface area (Å²) in [5.74, 6) is 0.628. The fourth-order valence-electron chi connectivity index (χ4n) is 1.42. The van der Waals surface area contributed by atoms with Crippen molar-refractivity contribution in [3.05, 3.63) is 46.2 Å². The molecule has 0 spiro atoms. The Balaban J connectivity index is 2.45. The minimum absolute atomic E-state index is 0.0283. The summed E-state index contributed by atoms with van der Waals surface area (Å²) in [5, 5.41) is 10.6. The average Bonchev–Trinajstić information content (AvgIpc) is 2.64. The number of pyridine rings is 1. The van der Waals surface area contributed by atoms with Crippen molar-refractivity contribution in [2.24, 2.45) is 0 Å². The minimum atomic E-state index is -0.439. The third-order valence-corrected chi connectivity index (χ3v) is 2.22. The van der Waals surface area contributed by atoms with Gasteiger partial charge in [-0.3, -0.25) is 14.7 Å². The number of aromatic nitrogens is 3. The first kappa shape index (κ1) is 10.3. The molecule has 0 aromatic carbocycles. The van der Waals surface area contributed by atoms with Crippen LogP contribution in [0.25, 0.3) is 5.82 Å². The highest BCUT2D eigenvalue weighted by Crippen LogP contribution is 2.17. The molecule has 0 radical (unpaired) electrons. The van der Waals surface area contributed by atoms with Crippen molar-refractivity contribution in [1.29, 1.82) is 0 Å². The highest BCUT2D eigenvalue weighted by atomic mass is 16.6. The van der Waals surface area contributed by atoms with Gasteiger partial charge >= 0.3 is 0 Å². The molecule has 82 valence electrons. The molecule has 0 aliphatic rings. The van der Waals surface area contributed by atoms with Crippen molar-refractivity contribution in [1.82, 2.24) is 14.5 Å². The molecule has 2 rings (SSSR count). The minimum Gasteiger partial charge on any atom is -0.290 e. The van der Waals surface area contributed by atoms with E-state index in [0.717, 1.165) is 5.69 Å². The Labute approximate surface area is 91.7 Å². The summed E-state index contributed by atoms with van der Waals surface area (Å²) in [6, 6.07) is 3.05. The van der Waals surface area contributed by atoms with Gasteiger partial charge in [-0.15, -0.1) is 0 Å². The van der Waals surface area contributed by atoms with E-state index < -0.39 is 4.92 Å². The van der Waals surface area contributed by atoms with Crippen LogP contribution in [0.5, 0.6) is 0 Å². The molecule has 0 saturated heterocycles. The number of imidazole rings is 1. The number of rotatable bonds is 2. The molecule has 2 aromatic heterocycles. The topological polar surface area (TPSA) is 73.8 Å². The normalized spacial score (nSPS) is 10.4. The predicted molar refractivity (Wildman–Crippen MR) is 57.5 cm³/mol. The van der Waals surface area contributed by atoms with E-state index in [0.29, 0.717) is 11.5 Å². The Morgan fingerprint density at radius 3 is 2.62 bits per heavy atom. The molecule has 2 aromatic rings. The van der Waals surface area contributed by atoms with Crippen LogP contribution in [0.3, 0.4) is 0 Å². The number of nitrogens with zero attached hydrogens (tertiary/aromatic N) is 4. The summed E-state index contributed by atoms with van der Waals surface area (Å²) in [6.07, 6.45) is 3.44. The lowest BCUT2D eigenvalue weighted by atomic mass is 10.3. The third-order valence-electron chi connectivity index (χ3n) is 2.22. The van der Waals surface area contributed by atoms with Gasteiger partial charge in [0.25, 0.3) is 5.69 Å². The second kappa shape index (κ2) is 3.73. The van der Waals surface area contributed by atoms with Crippen LogP contribution in [0.15, 0.2) is 24.7 Å². The fourth-order valence-corrected chi connectivity index (χ4v) is 1.42. The largest absolute Gasteiger partial charge is 0.290 e. The molecule has 0 N–H and O–H groups in total. The van der Waals surface area contributed by atoms with E-state index in [1.54, 1.807) is 23.9 Å². The molecule has 16 heavy (non-hydrogen) atoms. The van der Waals surface area contributed by atoms with Gasteiger partial charge in [0.2, 0.25) is 0 Å². The second-order valence-corrected chi connectivity index (χ2v) is 3.45. The highest BCUT2D eigenvalue weighted by molar-refractivity contribution is 5.39. The van der Waals surface area contributed by atoms with Gasteiger partial charge in [-0.25, -0.2) is 9.97 Å². The highest BCUT2D eigenvalue weighted by Gasteiger charge is 2.12. The van der Waals surface area contributed by atoms with Crippen molar-refractivity contribution < 1.29 is 4.92 Å². The van der Waals surface area contributed by atoms with Gasteiger partial charge in [0.15, 0.2) is 0 Å². The number of hydrogen-bond donors (Lipinski definition) is 0. The fraction of sp³-hybridized carbons (Fsp3) is 0.200. The van der Waals surface area contributed by atoms with Crippen LogP contribution in [0, 0.1) is 24.0 Å². The van der Waals surface area contributed by atoms with Crippen molar-refractivity contribution in [3.8, 4) is 5.82 Å². The smallest absolute Gasteiger partial charge is 0.290 e.